The Balaban J connectivity index is 1.89. The molecule has 3 nitrogen and oxygen atoms in total. The number of hydrogen-bond acceptors (Lipinski definition) is 3. The van der Waals surface area contributed by atoms with Crippen LogP contribution in [0, 0.1) is 6.92 Å². The molecule has 106 valence electrons. The van der Waals surface area contributed by atoms with Crippen LogP contribution in [-0.2, 0) is 0 Å². The van der Waals surface area contributed by atoms with Crippen LogP contribution >= 0.6 is 0 Å². The molecular formula is C16H26N2O. The van der Waals surface area contributed by atoms with E-state index in [0.717, 1.165) is 25.6 Å². The second-order valence-corrected chi connectivity index (χ2v) is 5.53. The van der Waals surface area contributed by atoms with Crippen LogP contribution in [0.1, 0.15) is 36.4 Å². The van der Waals surface area contributed by atoms with Gasteiger partial charge in [0, 0.05) is 25.2 Å². The highest BCUT2D eigenvalue weighted by Crippen LogP contribution is 2.27. The summed E-state index contributed by atoms with van der Waals surface area (Å²) in [6, 6.07) is 9.90. The van der Waals surface area contributed by atoms with Crippen molar-refractivity contribution >= 4 is 0 Å². The first-order valence-corrected chi connectivity index (χ1v) is 7.33. The SMILES string of the molecule is CNC(CCN(CCO)C1CC1)c1ccc(C)cc1. The third-order valence-corrected chi connectivity index (χ3v) is 3.98. The van der Waals surface area contributed by atoms with E-state index in [4.69, 9.17) is 5.11 Å². The van der Waals surface area contributed by atoms with Crippen LogP contribution in [0.25, 0.3) is 0 Å². The van der Waals surface area contributed by atoms with Crippen molar-refractivity contribution in [3.63, 3.8) is 0 Å². The van der Waals surface area contributed by atoms with Gasteiger partial charge in [-0.1, -0.05) is 29.8 Å². The average Bonchev–Trinajstić information content (AvgIpc) is 3.24. The molecule has 2 N–H and O–H groups in total. The van der Waals surface area contributed by atoms with Gasteiger partial charge in [-0.3, -0.25) is 4.90 Å². The predicted molar refractivity (Wildman–Crippen MR) is 79.3 cm³/mol. The summed E-state index contributed by atoms with van der Waals surface area (Å²) in [5.41, 5.74) is 2.66. The fourth-order valence-electron chi connectivity index (χ4n) is 2.62. The third kappa shape index (κ3) is 4.30. The molecule has 3 heteroatoms. The summed E-state index contributed by atoms with van der Waals surface area (Å²) in [5, 5.41) is 12.5. The summed E-state index contributed by atoms with van der Waals surface area (Å²) in [6.45, 7) is 4.26. The summed E-state index contributed by atoms with van der Waals surface area (Å²) in [4.78, 5) is 2.43. The van der Waals surface area contributed by atoms with Crippen molar-refractivity contribution in [2.75, 3.05) is 26.7 Å². The number of nitrogens with one attached hydrogen (secondary N) is 1. The number of nitrogens with zero attached hydrogens (tertiary/aromatic N) is 1. The van der Waals surface area contributed by atoms with E-state index in [9.17, 15) is 0 Å². The quantitative estimate of drug-likeness (QED) is 0.753. The summed E-state index contributed by atoms with van der Waals surface area (Å²) >= 11 is 0. The van der Waals surface area contributed by atoms with Gasteiger partial charge < -0.3 is 10.4 Å². The van der Waals surface area contributed by atoms with Gasteiger partial charge in [0.05, 0.1) is 6.61 Å². The Bertz CT molecular complexity index is 373. The summed E-state index contributed by atoms with van der Waals surface area (Å²) in [7, 11) is 2.03. The topological polar surface area (TPSA) is 35.5 Å². The van der Waals surface area contributed by atoms with Crippen LogP contribution in [0.4, 0.5) is 0 Å². The normalized spacial score (nSPS) is 16.8. The lowest BCUT2D eigenvalue weighted by atomic mass is 10.0. The number of rotatable bonds is 8. The van der Waals surface area contributed by atoms with E-state index in [1.54, 1.807) is 0 Å². The van der Waals surface area contributed by atoms with Crippen molar-refractivity contribution in [2.24, 2.45) is 0 Å². The van der Waals surface area contributed by atoms with E-state index in [0.29, 0.717) is 6.04 Å². The van der Waals surface area contributed by atoms with E-state index < -0.39 is 0 Å². The second kappa shape index (κ2) is 7.04. The van der Waals surface area contributed by atoms with Crippen LogP contribution in [0.2, 0.25) is 0 Å². The lowest BCUT2D eigenvalue weighted by Gasteiger charge is -2.24. The summed E-state index contributed by atoms with van der Waals surface area (Å²) < 4.78 is 0. The van der Waals surface area contributed by atoms with Crippen molar-refractivity contribution < 1.29 is 5.11 Å². The Labute approximate surface area is 116 Å². The lowest BCUT2D eigenvalue weighted by molar-refractivity contribution is 0.183. The minimum atomic E-state index is 0.269. The van der Waals surface area contributed by atoms with Gasteiger partial charge in [0.15, 0.2) is 0 Å². The molecule has 1 aromatic rings. The zero-order valence-electron chi connectivity index (χ0n) is 12.1. The van der Waals surface area contributed by atoms with Crippen LogP contribution in [-0.4, -0.2) is 42.8 Å². The number of aryl methyl sites for hydroxylation is 1. The fraction of sp³-hybridized carbons (Fsp3) is 0.625. The Kier molecular flexibility index (Phi) is 5.37. The van der Waals surface area contributed by atoms with Crippen molar-refractivity contribution in [1.82, 2.24) is 10.2 Å². The first-order chi connectivity index (χ1) is 9.24. The van der Waals surface area contributed by atoms with E-state index in [1.165, 1.54) is 24.0 Å². The van der Waals surface area contributed by atoms with Gasteiger partial charge in [-0.2, -0.15) is 0 Å². The molecule has 1 aliphatic carbocycles. The van der Waals surface area contributed by atoms with Crippen molar-refractivity contribution in [2.45, 2.75) is 38.3 Å². The molecule has 0 spiro atoms. The Morgan fingerprint density at radius 2 is 1.95 bits per heavy atom. The van der Waals surface area contributed by atoms with Gasteiger partial charge >= 0.3 is 0 Å². The van der Waals surface area contributed by atoms with Gasteiger partial charge in [-0.25, -0.2) is 0 Å². The van der Waals surface area contributed by atoms with Gasteiger partial charge in [-0.15, -0.1) is 0 Å². The van der Waals surface area contributed by atoms with E-state index in [2.05, 4.69) is 41.4 Å². The molecule has 0 aliphatic heterocycles. The smallest absolute Gasteiger partial charge is 0.0558 e. The molecule has 0 aromatic heterocycles. The number of hydrogen-bond donors (Lipinski definition) is 2. The summed E-state index contributed by atoms with van der Waals surface area (Å²) in [5.74, 6) is 0. The molecule has 0 radical (unpaired) electrons. The first-order valence-electron chi connectivity index (χ1n) is 7.33. The van der Waals surface area contributed by atoms with Crippen molar-refractivity contribution in [3.05, 3.63) is 35.4 Å². The molecule has 1 aliphatic rings. The first kappa shape index (κ1) is 14.5. The fourth-order valence-corrected chi connectivity index (χ4v) is 2.62. The third-order valence-electron chi connectivity index (χ3n) is 3.98. The van der Waals surface area contributed by atoms with Crippen LogP contribution in [0.15, 0.2) is 24.3 Å². The predicted octanol–water partition coefficient (Wildman–Crippen LogP) is 2.10. The molecule has 0 heterocycles. The largest absolute Gasteiger partial charge is 0.395 e. The highest BCUT2D eigenvalue weighted by Gasteiger charge is 2.28. The standard InChI is InChI=1S/C16H26N2O/c1-13-3-5-14(6-4-13)16(17-2)9-10-18(11-12-19)15-7-8-15/h3-6,15-17,19H,7-12H2,1-2H3. The Hall–Kier alpha value is -0.900. The van der Waals surface area contributed by atoms with Gasteiger partial charge in [0.25, 0.3) is 0 Å². The molecular weight excluding hydrogens is 236 g/mol. The number of aliphatic hydroxyl groups excluding tert-OH is 1. The zero-order chi connectivity index (χ0) is 13.7. The minimum Gasteiger partial charge on any atom is -0.395 e. The highest BCUT2D eigenvalue weighted by molar-refractivity contribution is 5.24. The molecule has 1 fully saturated rings. The zero-order valence-corrected chi connectivity index (χ0v) is 12.1. The van der Waals surface area contributed by atoms with Gasteiger partial charge in [-0.05, 0) is 38.8 Å². The minimum absolute atomic E-state index is 0.269. The highest BCUT2D eigenvalue weighted by atomic mass is 16.3. The maximum absolute atomic E-state index is 9.13. The van der Waals surface area contributed by atoms with E-state index in [-0.39, 0.29) is 6.61 Å². The van der Waals surface area contributed by atoms with Gasteiger partial charge in [0.1, 0.15) is 0 Å². The number of benzene rings is 1. The van der Waals surface area contributed by atoms with Gasteiger partial charge in [0.2, 0.25) is 0 Å². The molecule has 1 aromatic carbocycles. The molecule has 1 unspecified atom stereocenters. The molecule has 2 rings (SSSR count). The van der Waals surface area contributed by atoms with Crippen molar-refractivity contribution in [3.8, 4) is 0 Å². The second-order valence-electron chi connectivity index (χ2n) is 5.53. The summed E-state index contributed by atoms with van der Waals surface area (Å²) in [6.07, 6.45) is 3.69. The molecule has 0 bridgehead atoms. The van der Waals surface area contributed by atoms with E-state index >= 15 is 0 Å². The maximum atomic E-state index is 9.13. The number of aliphatic hydroxyl groups is 1. The van der Waals surface area contributed by atoms with Crippen molar-refractivity contribution in [1.29, 1.82) is 0 Å². The molecule has 19 heavy (non-hydrogen) atoms. The molecule has 0 amide bonds. The lowest BCUT2D eigenvalue weighted by Crippen LogP contribution is -2.32. The molecule has 1 atom stereocenters. The maximum Gasteiger partial charge on any atom is 0.0558 e. The molecule has 1 saturated carbocycles. The molecule has 0 saturated heterocycles. The van der Waals surface area contributed by atoms with Crippen LogP contribution in [0.3, 0.4) is 0 Å². The van der Waals surface area contributed by atoms with E-state index in [1.807, 2.05) is 7.05 Å². The van der Waals surface area contributed by atoms with Crippen LogP contribution < -0.4 is 5.32 Å². The Morgan fingerprint density at radius 1 is 1.26 bits per heavy atom. The average molecular weight is 262 g/mol. The Morgan fingerprint density at radius 3 is 2.47 bits per heavy atom. The van der Waals surface area contributed by atoms with Crippen LogP contribution in [0.5, 0.6) is 0 Å². The monoisotopic (exact) mass is 262 g/mol.